The molecule has 0 radical (unpaired) electrons. The zero-order chi connectivity index (χ0) is 11.5. The van der Waals surface area contributed by atoms with Crippen LogP contribution < -0.4 is 5.73 Å². The van der Waals surface area contributed by atoms with Crippen molar-refractivity contribution in [2.24, 2.45) is 5.73 Å². The molecule has 0 aromatic rings. The molecule has 3 nitrogen and oxygen atoms in total. The highest BCUT2D eigenvalue weighted by atomic mass is 32.1. The number of thiocarbonyl (C=S) groups is 1. The Morgan fingerprint density at radius 3 is 2.40 bits per heavy atom. The van der Waals surface area contributed by atoms with Crippen molar-refractivity contribution in [1.29, 1.82) is 0 Å². The fourth-order valence-electron chi connectivity index (χ4n) is 1.61. The monoisotopic (exact) mass is 232 g/mol. The zero-order valence-corrected chi connectivity index (χ0v) is 10.6. The highest BCUT2D eigenvalue weighted by molar-refractivity contribution is 7.80. The first-order valence-electron chi connectivity index (χ1n) is 5.82. The third-order valence-corrected chi connectivity index (χ3v) is 2.43. The molecule has 0 rings (SSSR count). The summed E-state index contributed by atoms with van der Waals surface area (Å²) in [4.78, 5) is 2.89. The van der Waals surface area contributed by atoms with E-state index in [0.717, 1.165) is 38.9 Å². The number of unbranched alkanes of at least 4 members (excludes halogenated alkanes) is 3. The second-order valence-electron chi connectivity index (χ2n) is 3.88. The summed E-state index contributed by atoms with van der Waals surface area (Å²) in [5, 5.41) is 8.63. The SMILES string of the molecule is CCCN(CCCCCCO)CC(N)=S. The lowest BCUT2D eigenvalue weighted by Crippen LogP contribution is -2.34. The van der Waals surface area contributed by atoms with Crippen LogP contribution >= 0.6 is 12.2 Å². The molecule has 15 heavy (non-hydrogen) atoms. The molecule has 4 heteroatoms. The quantitative estimate of drug-likeness (QED) is 0.443. The minimum absolute atomic E-state index is 0.311. The summed E-state index contributed by atoms with van der Waals surface area (Å²) in [6.45, 7) is 5.35. The zero-order valence-electron chi connectivity index (χ0n) is 9.74. The van der Waals surface area contributed by atoms with Gasteiger partial charge in [0.2, 0.25) is 0 Å². The average Bonchev–Trinajstić information content (AvgIpc) is 2.17. The molecule has 0 unspecified atom stereocenters. The molecule has 90 valence electrons. The van der Waals surface area contributed by atoms with Gasteiger partial charge in [-0.05, 0) is 32.4 Å². The van der Waals surface area contributed by atoms with Crippen LogP contribution in [0.2, 0.25) is 0 Å². The highest BCUT2D eigenvalue weighted by Crippen LogP contribution is 2.02. The van der Waals surface area contributed by atoms with Crippen LogP contribution in [0.15, 0.2) is 0 Å². The molecule has 0 amide bonds. The van der Waals surface area contributed by atoms with E-state index in [0.29, 0.717) is 11.6 Å². The molecule has 0 heterocycles. The Hall–Kier alpha value is -0.190. The topological polar surface area (TPSA) is 49.5 Å². The number of hydrogen-bond donors (Lipinski definition) is 2. The first kappa shape index (κ1) is 14.8. The standard InChI is InChI=1S/C11H24N2OS/c1-2-7-13(10-11(12)15)8-5-3-4-6-9-14/h14H,2-10H2,1H3,(H2,12,15). The van der Waals surface area contributed by atoms with Gasteiger partial charge in [0.25, 0.3) is 0 Å². The fourth-order valence-corrected chi connectivity index (χ4v) is 1.79. The lowest BCUT2D eigenvalue weighted by molar-refractivity contribution is 0.275. The summed E-state index contributed by atoms with van der Waals surface area (Å²) in [7, 11) is 0. The largest absolute Gasteiger partial charge is 0.396 e. The van der Waals surface area contributed by atoms with Crippen molar-refractivity contribution >= 4 is 17.2 Å². The Labute approximate surface area is 98.6 Å². The maximum Gasteiger partial charge on any atom is 0.0870 e. The number of hydrogen-bond acceptors (Lipinski definition) is 3. The van der Waals surface area contributed by atoms with Crippen LogP contribution in [0.5, 0.6) is 0 Å². The molecule has 0 aliphatic rings. The molecule has 0 fully saturated rings. The normalized spacial score (nSPS) is 10.9. The van der Waals surface area contributed by atoms with Crippen LogP contribution in [0.4, 0.5) is 0 Å². The molecular weight excluding hydrogens is 208 g/mol. The van der Waals surface area contributed by atoms with Gasteiger partial charge >= 0.3 is 0 Å². The van der Waals surface area contributed by atoms with E-state index in [4.69, 9.17) is 23.1 Å². The minimum Gasteiger partial charge on any atom is -0.396 e. The average molecular weight is 232 g/mol. The van der Waals surface area contributed by atoms with Crippen molar-refractivity contribution in [1.82, 2.24) is 4.90 Å². The molecule has 3 N–H and O–H groups in total. The Balaban J connectivity index is 3.52. The van der Waals surface area contributed by atoms with Gasteiger partial charge in [-0.25, -0.2) is 0 Å². The molecule has 0 spiro atoms. The van der Waals surface area contributed by atoms with E-state index in [2.05, 4.69) is 11.8 Å². The van der Waals surface area contributed by atoms with Crippen molar-refractivity contribution in [3.05, 3.63) is 0 Å². The maximum atomic E-state index is 8.63. The Bertz CT molecular complexity index is 165. The summed E-state index contributed by atoms with van der Waals surface area (Å²) in [5.41, 5.74) is 5.53. The van der Waals surface area contributed by atoms with Crippen LogP contribution in [0.1, 0.15) is 39.0 Å². The second-order valence-corrected chi connectivity index (χ2v) is 4.40. The molecular formula is C11H24N2OS. The van der Waals surface area contributed by atoms with Crippen molar-refractivity contribution in [3.63, 3.8) is 0 Å². The molecule has 0 aliphatic carbocycles. The van der Waals surface area contributed by atoms with Gasteiger partial charge in [-0.2, -0.15) is 0 Å². The number of nitrogens with two attached hydrogens (primary N) is 1. The first-order valence-corrected chi connectivity index (χ1v) is 6.23. The van der Waals surface area contributed by atoms with E-state index in [1.165, 1.54) is 12.8 Å². The molecule has 0 aromatic heterocycles. The fraction of sp³-hybridized carbons (Fsp3) is 0.909. The van der Waals surface area contributed by atoms with E-state index in [9.17, 15) is 0 Å². The van der Waals surface area contributed by atoms with E-state index in [-0.39, 0.29) is 0 Å². The summed E-state index contributed by atoms with van der Waals surface area (Å²) in [5.74, 6) is 0. The lowest BCUT2D eigenvalue weighted by atomic mass is 10.2. The number of rotatable bonds is 10. The van der Waals surface area contributed by atoms with Crippen LogP contribution in [0.25, 0.3) is 0 Å². The summed E-state index contributed by atoms with van der Waals surface area (Å²) >= 11 is 4.91. The van der Waals surface area contributed by atoms with Crippen LogP contribution in [-0.4, -0.2) is 41.2 Å². The van der Waals surface area contributed by atoms with Gasteiger partial charge in [-0.1, -0.05) is 32.0 Å². The van der Waals surface area contributed by atoms with Crippen molar-refractivity contribution in [3.8, 4) is 0 Å². The Kier molecular flexibility index (Phi) is 10.2. The molecule has 0 saturated heterocycles. The third-order valence-electron chi connectivity index (χ3n) is 2.30. The number of aliphatic hydroxyl groups excluding tert-OH is 1. The second kappa shape index (κ2) is 10.3. The van der Waals surface area contributed by atoms with Gasteiger partial charge < -0.3 is 10.8 Å². The predicted molar refractivity (Wildman–Crippen MR) is 69.1 cm³/mol. The minimum atomic E-state index is 0.311. The number of nitrogens with zero attached hydrogens (tertiary/aromatic N) is 1. The van der Waals surface area contributed by atoms with Gasteiger partial charge in [-0.3, -0.25) is 4.90 Å². The molecule has 0 atom stereocenters. The molecule has 0 aromatic carbocycles. The van der Waals surface area contributed by atoms with Crippen molar-refractivity contribution in [2.75, 3.05) is 26.2 Å². The van der Waals surface area contributed by atoms with Crippen LogP contribution in [0.3, 0.4) is 0 Å². The molecule has 0 bridgehead atoms. The smallest absolute Gasteiger partial charge is 0.0870 e. The van der Waals surface area contributed by atoms with E-state index in [1.54, 1.807) is 0 Å². The maximum absolute atomic E-state index is 8.63. The van der Waals surface area contributed by atoms with E-state index in [1.807, 2.05) is 0 Å². The summed E-state index contributed by atoms with van der Waals surface area (Å²) < 4.78 is 0. The van der Waals surface area contributed by atoms with Crippen molar-refractivity contribution < 1.29 is 5.11 Å². The van der Waals surface area contributed by atoms with Crippen LogP contribution in [0, 0.1) is 0 Å². The van der Waals surface area contributed by atoms with Gasteiger partial charge in [0.15, 0.2) is 0 Å². The van der Waals surface area contributed by atoms with E-state index < -0.39 is 0 Å². The van der Waals surface area contributed by atoms with Gasteiger partial charge in [-0.15, -0.1) is 0 Å². The molecule has 0 aliphatic heterocycles. The predicted octanol–water partition coefficient (Wildman–Crippen LogP) is 1.54. The summed E-state index contributed by atoms with van der Waals surface area (Å²) in [6.07, 6.45) is 5.52. The summed E-state index contributed by atoms with van der Waals surface area (Å²) in [6, 6.07) is 0. The lowest BCUT2D eigenvalue weighted by Gasteiger charge is -2.20. The Morgan fingerprint density at radius 1 is 1.20 bits per heavy atom. The highest BCUT2D eigenvalue weighted by Gasteiger charge is 2.04. The number of aliphatic hydroxyl groups is 1. The van der Waals surface area contributed by atoms with Gasteiger partial charge in [0, 0.05) is 13.2 Å². The van der Waals surface area contributed by atoms with Crippen LogP contribution in [-0.2, 0) is 0 Å². The molecule has 0 saturated carbocycles. The van der Waals surface area contributed by atoms with Crippen molar-refractivity contribution in [2.45, 2.75) is 39.0 Å². The van der Waals surface area contributed by atoms with E-state index >= 15 is 0 Å². The third kappa shape index (κ3) is 10.1. The first-order chi connectivity index (χ1) is 7.20. The van der Waals surface area contributed by atoms with Gasteiger partial charge in [0.05, 0.1) is 4.99 Å². The van der Waals surface area contributed by atoms with Gasteiger partial charge in [0.1, 0.15) is 0 Å². The Morgan fingerprint density at radius 2 is 1.87 bits per heavy atom.